The molecule has 0 radical (unpaired) electrons. The molecule has 6 nitrogen and oxygen atoms in total. The van der Waals surface area contributed by atoms with Gasteiger partial charge in [0.2, 0.25) is 0 Å². The molecule has 1 atom stereocenters. The summed E-state index contributed by atoms with van der Waals surface area (Å²) in [6.45, 7) is 3.28. The first-order valence-electron chi connectivity index (χ1n) is 10.8. The third-order valence-electron chi connectivity index (χ3n) is 5.41. The fourth-order valence-electron chi connectivity index (χ4n) is 3.82. The summed E-state index contributed by atoms with van der Waals surface area (Å²) in [7, 11) is 0. The van der Waals surface area contributed by atoms with Gasteiger partial charge in [0.05, 0.1) is 11.7 Å². The lowest BCUT2D eigenvalue weighted by molar-refractivity contribution is 0.302. The van der Waals surface area contributed by atoms with Crippen LogP contribution in [0.2, 0.25) is 0 Å². The fourth-order valence-corrected chi connectivity index (χ4v) is 4.63. The quantitative estimate of drug-likeness (QED) is 0.390. The van der Waals surface area contributed by atoms with Gasteiger partial charge in [-0.05, 0) is 31.9 Å². The minimum atomic E-state index is 0.155. The highest BCUT2D eigenvalue weighted by Gasteiger charge is 2.20. The van der Waals surface area contributed by atoms with Gasteiger partial charge in [-0.1, -0.05) is 36.4 Å². The number of ether oxygens (including phenoxy) is 1. The average molecular weight is 444 g/mol. The highest BCUT2D eigenvalue weighted by molar-refractivity contribution is 7.13. The Morgan fingerprint density at radius 3 is 2.94 bits per heavy atom. The molecule has 0 fully saturated rings. The summed E-state index contributed by atoms with van der Waals surface area (Å²) < 4.78 is 6.05. The second-order valence-corrected chi connectivity index (χ2v) is 8.67. The third-order valence-corrected chi connectivity index (χ3v) is 6.35. The van der Waals surface area contributed by atoms with E-state index in [2.05, 4.69) is 44.2 Å². The molecule has 2 N–H and O–H groups in total. The number of aryl methyl sites for hydroxylation is 1. The molecule has 162 valence electrons. The first kappa shape index (κ1) is 20.5. The Kier molecular flexibility index (Phi) is 5.98. The van der Waals surface area contributed by atoms with E-state index in [0.29, 0.717) is 6.61 Å². The van der Waals surface area contributed by atoms with Crippen molar-refractivity contribution in [1.29, 1.82) is 0 Å². The zero-order chi connectivity index (χ0) is 21.8. The normalized spacial score (nSPS) is 15.3. The van der Waals surface area contributed by atoms with Gasteiger partial charge in [-0.15, -0.1) is 11.3 Å². The lowest BCUT2D eigenvalue weighted by Crippen LogP contribution is -2.12. The number of nitrogens with one attached hydrogen (secondary N) is 2. The predicted octanol–water partition coefficient (Wildman–Crippen LogP) is 5.85. The smallest absolute Gasteiger partial charge is 0.134 e. The van der Waals surface area contributed by atoms with E-state index in [1.54, 1.807) is 11.3 Å². The van der Waals surface area contributed by atoms with Crippen molar-refractivity contribution < 1.29 is 4.74 Å². The van der Waals surface area contributed by atoms with Crippen molar-refractivity contribution in [3.05, 3.63) is 83.3 Å². The van der Waals surface area contributed by atoms with E-state index in [1.165, 1.54) is 0 Å². The molecule has 7 heteroatoms. The second kappa shape index (κ2) is 9.36. The van der Waals surface area contributed by atoms with Gasteiger partial charge in [-0.3, -0.25) is 0 Å². The van der Waals surface area contributed by atoms with E-state index in [9.17, 15) is 0 Å². The molecule has 0 bridgehead atoms. The van der Waals surface area contributed by atoms with Crippen molar-refractivity contribution in [2.45, 2.75) is 32.4 Å². The second-order valence-electron chi connectivity index (χ2n) is 7.81. The maximum Gasteiger partial charge on any atom is 0.134 e. The van der Waals surface area contributed by atoms with Crippen molar-refractivity contribution in [3.8, 4) is 16.3 Å². The first-order valence-corrected chi connectivity index (χ1v) is 11.7. The molecule has 4 aromatic rings. The number of fused-ring (bicyclic) bond motifs is 1. The SMILES string of the molecule is Cc1ncc2c(n1)NCCCC2Nc1cccc(OCc2csc(-c3ccccc3)n2)c1. The summed E-state index contributed by atoms with van der Waals surface area (Å²) in [5, 5.41) is 10.1. The molecule has 1 unspecified atom stereocenters. The molecule has 0 saturated carbocycles. The average Bonchev–Trinajstić information content (AvgIpc) is 3.21. The number of nitrogens with zero attached hydrogens (tertiary/aromatic N) is 3. The topological polar surface area (TPSA) is 72.0 Å². The van der Waals surface area contributed by atoms with Crippen LogP contribution in [0.15, 0.2) is 66.2 Å². The van der Waals surface area contributed by atoms with E-state index >= 15 is 0 Å². The van der Waals surface area contributed by atoms with Crippen LogP contribution < -0.4 is 15.4 Å². The summed E-state index contributed by atoms with van der Waals surface area (Å²) in [5.41, 5.74) is 4.19. The highest BCUT2D eigenvalue weighted by Crippen LogP contribution is 2.32. The van der Waals surface area contributed by atoms with Gasteiger partial charge in [-0.2, -0.15) is 0 Å². The Morgan fingerprint density at radius 1 is 1.12 bits per heavy atom. The molecule has 1 aliphatic heterocycles. The zero-order valence-corrected chi connectivity index (χ0v) is 18.7. The number of hydrogen-bond acceptors (Lipinski definition) is 7. The lowest BCUT2D eigenvalue weighted by Gasteiger charge is -2.20. The van der Waals surface area contributed by atoms with Crippen LogP contribution in [-0.4, -0.2) is 21.5 Å². The monoisotopic (exact) mass is 443 g/mol. The number of hydrogen-bond donors (Lipinski definition) is 2. The van der Waals surface area contributed by atoms with Crippen molar-refractivity contribution in [3.63, 3.8) is 0 Å². The molecule has 0 saturated heterocycles. The Morgan fingerprint density at radius 2 is 2.03 bits per heavy atom. The Labute approximate surface area is 191 Å². The molecule has 0 amide bonds. The van der Waals surface area contributed by atoms with E-state index in [4.69, 9.17) is 9.72 Å². The van der Waals surface area contributed by atoms with Crippen LogP contribution in [0, 0.1) is 6.92 Å². The van der Waals surface area contributed by atoms with E-state index in [0.717, 1.165) is 64.3 Å². The first-order chi connectivity index (χ1) is 15.7. The summed E-state index contributed by atoms with van der Waals surface area (Å²) >= 11 is 1.64. The largest absolute Gasteiger partial charge is 0.487 e. The fraction of sp³-hybridized carbons (Fsp3) is 0.240. The van der Waals surface area contributed by atoms with Crippen molar-refractivity contribution in [2.24, 2.45) is 0 Å². The Bertz CT molecular complexity index is 1190. The summed E-state index contributed by atoms with van der Waals surface area (Å²) in [6, 6.07) is 18.5. The maximum atomic E-state index is 6.05. The summed E-state index contributed by atoms with van der Waals surface area (Å²) in [5.74, 6) is 2.53. The van der Waals surface area contributed by atoms with Crippen LogP contribution in [0.4, 0.5) is 11.5 Å². The molecular weight excluding hydrogens is 418 g/mol. The van der Waals surface area contributed by atoms with Crippen LogP contribution in [0.3, 0.4) is 0 Å². The van der Waals surface area contributed by atoms with Gasteiger partial charge < -0.3 is 15.4 Å². The number of thiazole rings is 1. The van der Waals surface area contributed by atoms with Crippen LogP contribution >= 0.6 is 11.3 Å². The molecule has 0 spiro atoms. The minimum Gasteiger partial charge on any atom is -0.487 e. The van der Waals surface area contributed by atoms with Crippen LogP contribution in [0.5, 0.6) is 5.75 Å². The van der Waals surface area contributed by atoms with Gasteiger partial charge in [-0.25, -0.2) is 15.0 Å². The molecular formula is C25H25N5OS. The van der Waals surface area contributed by atoms with Gasteiger partial charge in [0.1, 0.15) is 29.0 Å². The van der Waals surface area contributed by atoms with E-state index in [-0.39, 0.29) is 6.04 Å². The molecule has 2 aromatic heterocycles. The Hall–Kier alpha value is -3.45. The lowest BCUT2D eigenvalue weighted by atomic mass is 10.0. The minimum absolute atomic E-state index is 0.155. The summed E-state index contributed by atoms with van der Waals surface area (Å²) in [4.78, 5) is 13.7. The van der Waals surface area contributed by atoms with Crippen LogP contribution in [0.25, 0.3) is 10.6 Å². The summed E-state index contributed by atoms with van der Waals surface area (Å²) in [6.07, 6.45) is 4.01. The van der Waals surface area contributed by atoms with Crippen molar-refractivity contribution >= 4 is 22.8 Å². The highest BCUT2D eigenvalue weighted by atomic mass is 32.1. The molecule has 32 heavy (non-hydrogen) atoms. The number of benzene rings is 2. The van der Waals surface area contributed by atoms with Crippen molar-refractivity contribution in [1.82, 2.24) is 15.0 Å². The van der Waals surface area contributed by atoms with Gasteiger partial charge >= 0.3 is 0 Å². The van der Waals surface area contributed by atoms with E-state index < -0.39 is 0 Å². The predicted molar refractivity (Wildman–Crippen MR) is 129 cm³/mol. The molecule has 2 aromatic carbocycles. The Balaban J connectivity index is 1.26. The van der Waals surface area contributed by atoms with Gasteiger partial charge in [0, 0.05) is 41.0 Å². The van der Waals surface area contributed by atoms with Gasteiger partial charge in [0.15, 0.2) is 0 Å². The molecule has 0 aliphatic carbocycles. The number of rotatable bonds is 6. The van der Waals surface area contributed by atoms with Crippen LogP contribution in [0.1, 0.15) is 36.0 Å². The number of anilines is 2. The third kappa shape index (κ3) is 4.73. The molecule has 5 rings (SSSR count). The van der Waals surface area contributed by atoms with Crippen LogP contribution in [-0.2, 0) is 6.61 Å². The molecule has 3 heterocycles. The van der Waals surface area contributed by atoms with E-state index in [1.807, 2.05) is 49.5 Å². The molecule has 1 aliphatic rings. The number of aromatic nitrogens is 3. The van der Waals surface area contributed by atoms with Gasteiger partial charge in [0.25, 0.3) is 0 Å². The maximum absolute atomic E-state index is 6.05. The zero-order valence-electron chi connectivity index (χ0n) is 17.9. The van der Waals surface area contributed by atoms with Crippen molar-refractivity contribution in [2.75, 3.05) is 17.2 Å². The standard InChI is InChI=1S/C25H25N5OS/c1-17-27-14-22-23(11-6-12-26-24(22)28-17)29-19-9-5-10-21(13-19)31-15-20-16-32-25(30-20)18-7-3-2-4-8-18/h2-5,7-10,13-14,16,23,29H,6,11-12,15H2,1H3,(H,26,27,28).